The number of hydrogen-bond acceptors (Lipinski definition) is 3. The van der Waals surface area contributed by atoms with Crippen LogP contribution in [-0.4, -0.2) is 56.5 Å². The first-order valence-electron chi connectivity index (χ1n) is 11.3. The molecule has 3 N–H and O–H groups in total. The molecule has 31 heavy (non-hydrogen) atoms. The van der Waals surface area contributed by atoms with Crippen molar-refractivity contribution in [1.29, 1.82) is 0 Å². The molecule has 0 unspecified atom stereocenters. The van der Waals surface area contributed by atoms with Crippen molar-refractivity contribution >= 4 is 11.9 Å². The molecule has 1 amide bonds. The van der Waals surface area contributed by atoms with Crippen molar-refractivity contribution in [3.8, 4) is 0 Å². The Morgan fingerprint density at radius 3 is 2.74 bits per heavy atom. The zero-order chi connectivity index (χ0) is 21.9. The Morgan fingerprint density at radius 2 is 1.94 bits per heavy atom. The molecule has 0 fully saturated rings. The quantitative estimate of drug-likeness (QED) is 0.331. The average molecular weight is 422 g/mol. The van der Waals surface area contributed by atoms with Crippen molar-refractivity contribution in [3.63, 3.8) is 0 Å². The van der Waals surface area contributed by atoms with Gasteiger partial charge < -0.3 is 16.0 Å². The van der Waals surface area contributed by atoms with E-state index in [2.05, 4.69) is 58.1 Å². The minimum atomic E-state index is -0.0538. The molecule has 0 radical (unpaired) electrons. The largest absolute Gasteiger partial charge is 0.357 e. The number of guanidine groups is 1. The van der Waals surface area contributed by atoms with Crippen LogP contribution in [0.2, 0.25) is 0 Å². The number of rotatable bonds is 9. The van der Waals surface area contributed by atoms with Crippen LogP contribution in [0.3, 0.4) is 0 Å². The van der Waals surface area contributed by atoms with E-state index >= 15 is 0 Å². The van der Waals surface area contributed by atoms with Gasteiger partial charge in [-0.05, 0) is 55.0 Å². The first-order chi connectivity index (χ1) is 15.2. The zero-order valence-corrected chi connectivity index (χ0v) is 18.8. The molecule has 0 atom stereocenters. The molecule has 2 aromatic carbocycles. The molecule has 0 saturated carbocycles. The number of nitrogens with one attached hydrogen (secondary N) is 3. The second-order valence-electron chi connectivity index (χ2n) is 7.87. The van der Waals surface area contributed by atoms with Crippen molar-refractivity contribution in [2.45, 2.75) is 32.7 Å². The standard InChI is InChI=1S/C25H35N5O/c1-3-27-25(29-15-12-20-8-6-11-22(18-20)24(31)26-2)28-14-7-16-30-17-13-21-9-4-5-10-23(21)19-30/h4-6,8-11,18H,3,7,12-17,19H2,1-2H3,(H,26,31)(H2,27,28,29). The third kappa shape index (κ3) is 7.10. The van der Waals surface area contributed by atoms with Crippen molar-refractivity contribution in [3.05, 3.63) is 70.8 Å². The molecule has 0 saturated heterocycles. The van der Waals surface area contributed by atoms with Gasteiger partial charge in [0, 0.05) is 51.9 Å². The minimum Gasteiger partial charge on any atom is -0.357 e. The number of benzene rings is 2. The van der Waals surface area contributed by atoms with E-state index in [0.29, 0.717) is 5.56 Å². The first-order valence-corrected chi connectivity index (χ1v) is 11.3. The fourth-order valence-corrected chi connectivity index (χ4v) is 3.91. The van der Waals surface area contributed by atoms with E-state index < -0.39 is 0 Å². The van der Waals surface area contributed by atoms with E-state index in [4.69, 9.17) is 4.99 Å². The maximum absolute atomic E-state index is 11.8. The maximum Gasteiger partial charge on any atom is 0.251 e. The fourth-order valence-electron chi connectivity index (χ4n) is 3.91. The summed E-state index contributed by atoms with van der Waals surface area (Å²) in [5.41, 5.74) is 4.79. The molecule has 1 heterocycles. The van der Waals surface area contributed by atoms with Crippen molar-refractivity contribution in [1.82, 2.24) is 20.9 Å². The third-order valence-corrected chi connectivity index (χ3v) is 5.58. The fraction of sp³-hybridized carbons (Fsp3) is 0.440. The lowest BCUT2D eigenvalue weighted by molar-refractivity contribution is 0.0963. The van der Waals surface area contributed by atoms with Gasteiger partial charge in [-0.1, -0.05) is 36.4 Å². The van der Waals surface area contributed by atoms with Crippen LogP contribution in [0.1, 0.15) is 40.4 Å². The van der Waals surface area contributed by atoms with E-state index in [-0.39, 0.29) is 5.91 Å². The molecule has 166 valence electrons. The van der Waals surface area contributed by atoms with Gasteiger partial charge in [-0.3, -0.25) is 14.7 Å². The molecule has 0 aliphatic carbocycles. The summed E-state index contributed by atoms with van der Waals surface area (Å²) >= 11 is 0. The van der Waals surface area contributed by atoms with Crippen LogP contribution in [0.5, 0.6) is 0 Å². The lowest BCUT2D eigenvalue weighted by Crippen LogP contribution is -2.38. The lowest BCUT2D eigenvalue weighted by Gasteiger charge is -2.28. The van der Waals surface area contributed by atoms with Crippen LogP contribution in [0.15, 0.2) is 53.5 Å². The molecular weight excluding hydrogens is 386 g/mol. The monoisotopic (exact) mass is 421 g/mol. The number of amides is 1. The highest BCUT2D eigenvalue weighted by atomic mass is 16.1. The van der Waals surface area contributed by atoms with Gasteiger partial charge in [0.05, 0.1) is 0 Å². The summed E-state index contributed by atoms with van der Waals surface area (Å²) in [4.78, 5) is 19.1. The predicted octanol–water partition coefficient (Wildman–Crippen LogP) is 2.59. The van der Waals surface area contributed by atoms with Gasteiger partial charge in [-0.2, -0.15) is 0 Å². The molecule has 1 aliphatic rings. The second kappa shape index (κ2) is 12.1. The zero-order valence-electron chi connectivity index (χ0n) is 18.8. The summed E-state index contributed by atoms with van der Waals surface area (Å²) in [6.07, 6.45) is 3.03. The normalized spacial score (nSPS) is 14.1. The van der Waals surface area contributed by atoms with Gasteiger partial charge in [-0.15, -0.1) is 0 Å². The van der Waals surface area contributed by atoms with Gasteiger partial charge in [-0.25, -0.2) is 0 Å². The summed E-state index contributed by atoms with van der Waals surface area (Å²) in [5.74, 6) is 0.802. The molecule has 0 spiro atoms. The summed E-state index contributed by atoms with van der Waals surface area (Å²) in [5, 5.41) is 9.40. The molecule has 6 heteroatoms. The number of aliphatic imine (C=N–C) groups is 1. The molecule has 6 nitrogen and oxygen atoms in total. The number of hydrogen-bond donors (Lipinski definition) is 3. The summed E-state index contributed by atoms with van der Waals surface area (Å²) in [6.45, 7) is 7.74. The Hall–Kier alpha value is -2.86. The summed E-state index contributed by atoms with van der Waals surface area (Å²) in [6, 6.07) is 16.5. The number of carbonyl (C=O) groups is 1. The van der Waals surface area contributed by atoms with Crippen LogP contribution < -0.4 is 16.0 Å². The van der Waals surface area contributed by atoms with Gasteiger partial charge in [0.15, 0.2) is 5.96 Å². The first kappa shape index (κ1) is 22.8. The van der Waals surface area contributed by atoms with Crippen molar-refractivity contribution in [2.75, 3.05) is 39.8 Å². The number of nitrogens with zero attached hydrogens (tertiary/aromatic N) is 2. The molecule has 2 aromatic rings. The van der Waals surface area contributed by atoms with Crippen LogP contribution in [0.25, 0.3) is 0 Å². The smallest absolute Gasteiger partial charge is 0.251 e. The maximum atomic E-state index is 11.8. The SMILES string of the molecule is CCNC(=NCCCN1CCc2ccccc2C1)NCCc1cccc(C(=O)NC)c1. The van der Waals surface area contributed by atoms with E-state index in [1.54, 1.807) is 7.05 Å². The highest BCUT2D eigenvalue weighted by Gasteiger charge is 2.14. The lowest BCUT2D eigenvalue weighted by atomic mass is 10.00. The molecular formula is C25H35N5O. The Kier molecular flexibility index (Phi) is 8.91. The Labute approximate surface area is 186 Å². The highest BCUT2D eigenvalue weighted by Crippen LogP contribution is 2.18. The highest BCUT2D eigenvalue weighted by molar-refractivity contribution is 5.94. The number of fused-ring (bicyclic) bond motifs is 1. The summed E-state index contributed by atoms with van der Waals surface area (Å²) in [7, 11) is 1.65. The Balaban J connectivity index is 1.41. The predicted molar refractivity (Wildman–Crippen MR) is 128 cm³/mol. The molecule has 0 bridgehead atoms. The van der Waals surface area contributed by atoms with Gasteiger partial charge in [0.25, 0.3) is 5.91 Å². The van der Waals surface area contributed by atoms with Crippen molar-refractivity contribution < 1.29 is 4.79 Å². The third-order valence-electron chi connectivity index (χ3n) is 5.58. The molecule has 0 aromatic heterocycles. The molecule has 3 rings (SSSR count). The van der Waals surface area contributed by atoms with Crippen LogP contribution in [-0.2, 0) is 19.4 Å². The van der Waals surface area contributed by atoms with E-state index in [9.17, 15) is 4.79 Å². The average Bonchev–Trinajstić information content (AvgIpc) is 2.81. The van der Waals surface area contributed by atoms with E-state index in [1.165, 1.54) is 11.1 Å². The minimum absolute atomic E-state index is 0.0538. The van der Waals surface area contributed by atoms with Gasteiger partial charge in [0.1, 0.15) is 0 Å². The summed E-state index contributed by atoms with van der Waals surface area (Å²) < 4.78 is 0. The van der Waals surface area contributed by atoms with Gasteiger partial charge in [0.2, 0.25) is 0 Å². The van der Waals surface area contributed by atoms with Crippen molar-refractivity contribution in [2.24, 2.45) is 4.99 Å². The van der Waals surface area contributed by atoms with E-state index in [0.717, 1.165) is 70.1 Å². The van der Waals surface area contributed by atoms with Crippen LogP contribution in [0, 0.1) is 0 Å². The Bertz CT molecular complexity index is 880. The number of carbonyl (C=O) groups excluding carboxylic acids is 1. The van der Waals surface area contributed by atoms with Crippen LogP contribution >= 0.6 is 0 Å². The Morgan fingerprint density at radius 1 is 1.10 bits per heavy atom. The topological polar surface area (TPSA) is 68.8 Å². The second-order valence-corrected chi connectivity index (χ2v) is 7.87. The van der Waals surface area contributed by atoms with Gasteiger partial charge >= 0.3 is 0 Å². The van der Waals surface area contributed by atoms with Crippen LogP contribution in [0.4, 0.5) is 0 Å². The van der Waals surface area contributed by atoms with E-state index in [1.807, 2.05) is 18.2 Å². The molecule has 1 aliphatic heterocycles.